The highest BCUT2D eigenvalue weighted by molar-refractivity contribution is 9.08. The molecular formula is C37H37BrO10. The number of hydrogen-bond donors (Lipinski definition) is 2. The number of fused-ring (bicyclic) bond motifs is 2. The number of rotatable bonds is 4. The Morgan fingerprint density at radius 3 is 1.62 bits per heavy atom. The molecule has 48 heavy (non-hydrogen) atoms. The van der Waals surface area contributed by atoms with Gasteiger partial charge in [0.25, 0.3) is 0 Å². The molecular weight excluding hydrogens is 684 g/mol. The van der Waals surface area contributed by atoms with Crippen LogP contribution in [-0.2, 0) is 44.1 Å². The first-order valence-corrected chi connectivity index (χ1v) is 15.8. The Kier molecular flexibility index (Phi) is 13.9. The smallest absolute Gasteiger partial charge is 0.339 e. The number of methoxy groups -OCH3 is 2. The van der Waals surface area contributed by atoms with Crippen molar-refractivity contribution in [2.45, 2.75) is 45.9 Å². The number of phenols is 1. The summed E-state index contributed by atoms with van der Waals surface area (Å²) in [7, 11) is 2.72. The highest BCUT2D eigenvalue weighted by Gasteiger charge is 2.21. The number of carbonyl (C=O) groups is 4. The number of alkyl halides is 1. The Hall–Kier alpha value is -5.00. The summed E-state index contributed by atoms with van der Waals surface area (Å²) in [4.78, 5) is 44.4. The molecule has 0 fully saturated rings. The Morgan fingerprint density at radius 1 is 0.688 bits per heavy atom. The minimum Gasteiger partial charge on any atom is -0.508 e. The normalized spacial score (nSPS) is 11.9. The first-order chi connectivity index (χ1) is 22.9. The summed E-state index contributed by atoms with van der Waals surface area (Å²) in [5.41, 5.74) is 8.80. The maximum Gasteiger partial charge on any atom is 0.339 e. The number of cyclic esters (lactones) is 2. The van der Waals surface area contributed by atoms with E-state index in [4.69, 9.17) is 19.7 Å². The molecule has 0 unspecified atom stereocenters. The number of carbonyl (C=O) groups excluding carboxylic acids is 4. The number of aryl methyl sites for hydroxylation is 3. The zero-order chi connectivity index (χ0) is 35.4. The van der Waals surface area contributed by atoms with Gasteiger partial charge >= 0.3 is 23.9 Å². The lowest BCUT2D eigenvalue weighted by Gasteiger charge is -2.05. The lowest BCUT2D eigenvalue weighted by Crippen LogP contribution is -2.06. The van der Waals surface area contributed by atoms with E-state index in [1.165, 1.54) is 20.3 Å². The van der Waals surface area contributed by atoms with E-state index in [-0.39, 0.29) is 30.3 Å². The minimum absolute atomic E-state index is 0.0996. The summed E-state index contributed by atoms with van der Waals surface area (Å²) < 4.78 is 18.8. The van der Waals surface area contributed by atoms with E-state index in [0.29, 0.717) is 40.8 Å². The second-order valence-electron chi connectivity index (χ2n) is 10.8. The molecule has 0 bridgehead atoms. The molecule has 2 aliphatic rings. The van der Waals surface area contributed by atoms with Gasteiger partial charge in [-0.2, -0.15) is 0 Å². The highest BCUT2D eigenvalue weighted by Crippen LogP contribution is 2.23. The maximum atomic E-state index is 11.3. The fraction of sp³-hybridized carbons (Fsp3) is 0.243. The number of phenolic OH excluding ortho intramolecular Hbond substituents is 1. The number of benzene rings is 4. The van der Waals surface area contributed by atoms with Gasteiger partial charge in [0, 0.05) is 16.5 Å². The molecule has 0 amide bonds. The zero-order valence-corrected chi connectivity index (χ0v) is 28.9. The van der Waals surface area contributed by atoms with E-state index in [2.05, 4.69) is 25.4 Å². The number of aliphatic hydroxyl groups is 1. The zero-order valence-electron chi connectivity index (χ0n) is 27.3. The molecule has 2 N–H and O–H groups in total. The monoisotopic (exact) mass is 720 g/mol. The molecule has 0 atom stereocenters. The topological polar surface area (TPSA) is 146 Å². The van der Waals surface area contributed by atoms with Gasteiger partial charge < -0.3 is 29.2 Å². The van der Waals surface area contributed by atoms with Crippen LogP contribution in [0.4, 0.5) is 0 Å². The third kappa shape index (κ3) is 10.00. The van der Waals surface area contributed by atoms with Crippen LogP contribution in [-0.4, -0.2) is 48.3 Å². The van der Waals surface area contributed by atoms with Crippen LogP contribution in [0.3, 0.4) is 0 Å². The van der Waals surface area contributed by atoms with Crippen molar-refractivity contribution in [1.29, 1.82) is 0 Å². The van der Waals surface area contributed by atoms with Crippen LogP contribution in [0.25, 0.3) is 0 Å². The molecule has 0 radical (unpaired) electrons. The molecule has 11 heteroatoms. The average molecular weight is 722 g/mol. The largest absolute Gasteiger partial charge is 0.508 e. The quantitative estimate of drug-likeness (QED) is 0.133. The molecule has 4 aromatic carbocycles. The van der Waals surface area contributed by atoms with E-state index in [1.54, 1.807) is 24.3 Å². The van der Waals surface area contributed by atoms with Crippen molar-refractivity contribution in [2.75, 3.05) is 14.2 Å². The van der Waals surface area contributed by atoms with Gasteiger partial charge in [0.15, 0.2) is 0 Å². The van der Waals surface area contributed by atoms with Gasteiger partial charge in [-0.15, -0.1) is 0 Å². The van der Waals surface area contributed by atoms with Crippen LogP contribution in [0, 0.1) is 20.8 Å². The van der Waals surface area contributed by atoms with Crippen LogP contribution in [0.5, 0.6) is 5.75 Å². The Labute approximate surface area is 287 Å². The molecule has 0 saturated carbocycles. The molecule has 0 spiro atoms. The summed E-state index contributed by atoms with van der Waals surface area (Å²) in [6, 6.07) is 21.5. The fourth-order valence-electron chi connectivity index (χ4n) is 4.56. The third-order valence-electron chi connectivity index (χ3n) is 7.17. The van der Waals surface area contributed by atoms with Gasteiger partial charge in [-0.25, -0.2) is 19.2 Å². The third-order valence-corrected chi connectivity index (χ3v) is 7.78. The number of halogens is 1. The summed E-state index contributed by atoms with van der Waals surface area (Å²) in [5.74, 6) is -1.13. The van der Waals surface area contributed by atoms with Gasteiger partial charge in [0.2, 0.25) is 0 Å². The van der Waals surface area contributed by atoms with Crippen molar-refractivity contribution < 1.29 is 48.3 Å². The van der Waals surface area contributed by atoms with Crippen LogP contribution in [0.2, 0.25) is 0 Å². The van der Waals surface area contributed by atoms with E-state index >= 15 is 0 Å². The number of aromatic hydroxyl groups is 1. The van der Waals surface area contributed by atoms with Gasteiger partial charge in [-0.1, -0.05) is 75.1 Å². The first kappa shape index (κ1) is 37.5. The number of hydrogen-bond acceptors (Lipinski definition) is 10. The average Bonchev–Trinajstić information content (AvgIpc) is 3.65. The predicted molar refractivity (Wildman–Crippen MR) is 181 cm³/mol. The lowest BCUT2D eigenvalue weighted by molar-refractivity contribution is 0.0526. The summed E-state index contributed by atoms with van der Waals surface area (Å²) >= 11 is 3.32. The van der Waals surface area contributed by atoms with E-state index < -0.39 is 5.97 Å². The summed E-state index contributed by atoms with van der Waals surface area (Å²) in [6.45, 7) is 6.41. The van der Waals surface area contributed by atoms with Gasteiger partial charge in [-0.05, 0) is 62.2 Å². The van der Waals surface area contributed by atoms with Gasteiger partial charge in [0.1, 0.15) is 19.0 Å². The van der Waals surface area contributed by atoms with Crippen molar-refractivity contribution in [3.05, 3.63) is 134 Å². The molecule has 252 valence electrons. The van der Waals surface area contributed by atoms with Crippen molar-refractivity contribution in [2.24, 2.45) is 0 Å². The van der Waals surface area contributed by atoms with E-state index in [9.17, 15) is 19.2 Å². The van der Waals surface area contributed by atoms with Crippen LogP contribution in [0.15, 0.2) is 72.8 Å². The Morgan fingerprint density at radius 2 is 1.12 bits per heavy atom. The Balaban J connectivity index is 0.000000174. The van der Waals surface area contributed by atoms with E-state index in [1.807, 2.05) is 63.2 Å². The molecule has 10 nitrogen and oxygen atoms in total. The van der Waals surface area contributed by atoms with Crippen LogP contribution < -0.4 is 0 Å². The molecule has 0 aromatic heterocycles. The SMILES string of the molecule is COC(=O)c1cc(C)ccc1CBr.COC(=O)c1cc(C)ccc1CO.Cc1ccc2c(c1)C(=O)OC2.O=C1OCc2ccc(O)cc21. The van der Waals surface area contributed by atoms with Crippen molar-refractivity contribution in [3.8, 4) is 5.75 Å². The van der Waals surface area contributed by atoms with Crippen molar-refractivity contribution in [3.63, 3.8) is 0 Å². The van der Waals surface area contributed by atoms with Crippen LogP contribution >= 0.6 is 15.9 Å². The minimum atomic E-state index is -0.409. The van der Waals surface area contributed by atoms with Crippen LogP contribution in [0.1, 0.15) is 80.4 Å². The van der Waals surface area contributed by atoms with E-state index in [0.717, 1.165) is 38.9 Å². The highest BCUT2D eigenvalue weighted by atomic mass is 79.9. The van der Waals surface area contributed by atoms with Gasteiger partial charge in [-0.3, -0.25) is 0 Å². The molecule has 6 rings (SSSR count). The molecule has 0 aliphatic carbocycles. The van der Waals surface area contributed by atoms with Crippen molar-refractivity contribution >= 4 is 39.8 Å². The molecule has 2 heterocycles. The summed E-state index contributed by atoms with van der Waals surface area (Å²) in [6.07, 6.45) is 0. The summed E-state index contributed by atoms with van der Waals surface area (Å²) in [5, 5.41) is 18.6. The molecule has 0 saturated heterocycles. The first-order valence-electron chi connectivity index (χ1n) is 14.7. The van der Waals surface area contributed by atoms with Gasteiger partial charge in [0.05, 0.1) is 43.1 Å². The number of aliphatic hydroxyl groups excluding tert-OH is 1. The predicted octanol–water partition coefficient (Wildman–Crippen LogP) is 6.68. The number of esters is 4. The number of ether oxygens (including phenoxy) is 4. The Bertz CT molecular complexity index is 1670. The maximum absolute atomic E-state index is 11.3. The molecule has 2 aliphatic heterocycles. The fourth-order valence-corrected chi connectivity index (χ4v) is 5.05. The standard InChI is InChI=1S/C10H11BrO2.C10H12O3.C9H8O2.C8H6O3/c2*1-7-3-4-8(6-11)9(5-7)10(12)13-2;1-6-2-3-7-5-11-9(10)8(7)4-6;9-6-2-1-5-4-11-8(10)7(5)3-6/h3-5H,6H2,1-2H3;3-5,11H,6H2,1-2H3;2-4H,5H2,1H3;1-3,9H,4H2. The second kappa shape index (κ2) is 17.8. The second-order valence-corrected chi connectivity index (χ2v) is 11.3. The molecule has 4 aromatic rings. The lowest BCUT2D eigenvalue weighted by atomic mass is 10.1. The van der Waals surface area contributed by atoms with Crippen molar-refractivity contribution in [1.82, 2.24) is 0 Å².